The Morgan fingerprint density at radius 2 is 1.74 bits per heavy atom. The summed E-state index contributed by atoms with van der Waals surface area (Å²) in [7, 11) is -4.41. The Kier molecular flexibility index (Phi) is 4.46. The van der Waals surface area contributed by atoms with E-state index in [-0.39, 0.29) is 19.2 Å². The second-order valence-corrected chi connectivity index (χ2v) is 6.11. The summed E-state index contributed by atoms with van der Waals surface area (Å²) >= 11 is 0. The van der Waals surface area contributed by atoms with E-state index in [1.165, 1.54) is 13.8 Å². The number of hydrogen-bond acceptors (Lipinski definition) is 2. The zero-order chi connectivity index (χ0) is 14.9. The quantitative estimate of drug-likeness (QED) is 0.748. The summed E-state index contributed by atoms with van der Waals surface area (Å²) in [6.45, 7) is 2.94. The number of sulfonamides is 1. The molecule has 0 radical (unpaired) electrons. The summed E-state index contributed by atoms with van der Waals surface area (Å²) in [5.74, 6) is 0. The van der Waals surface area contributed by atoms with Crippen LogP contribution in [0, 0.1) is 0 Å². The highest BCUT2D eigenvalue weighted by atomic mass is 32.2. The minimum atomic E-state index is -5.29. The molecule has 0 aromatic carbocycles. The van der Waals surface area contributed by atoms with E-state index in [4.69, 9.17) is 0 Å². The highest BCUT2D eigenvalue weighted by Crippen LogP contribution is 2.43. The van der Waals surface area contributed by atoms with E-state index in [9.17, 15) is 26.0 Å². The van der Waals surface area contributed by atoms with Crippen molar-refractivity contribution in [2.24, 2.45) is 0 Å². The molecule has 0 heterocycles. The molecule has 0 fully saturated rings. The van der Waals surface area contributed by atoms with Crippen LogP contribution < -0.4 is 0 Å². The Bertz CT molecular complexity index is 479. The Morgan fingerprint density at radius 1 is 1.21 bits per heavy atom. The molecule has 0 aliphatic heterocycles. The van der Waals surface area contributed by atoms with E-state index in [0.29, 0.717) is 0 Å². The molecule has 1 rings (SSSR count). The molecule has 0 bridgehead atoms. The van der Waals surface area contributed by atoms with Crippen LogP contribution in [0.2, 0.25) is 0 Å². The van der Waals surface area contributed by atoms with Gasteiger partial charge < -0.3 is 0 Å². The molecule has 1 aliphatic carbocycles. The van der Waals surface area contributed by atoms with Gasteiger partial charge in [0.1, 0.15) is 5.25 Å². The Labute approximate surface area is 109 Å². The minimum absolute atomic E-state index is 0.0131. The highest BCUT2D eigenvalue weighted by molar-refractivity contribution is 7.90. The molecule has 8 heteroatoms. The minimum Gasteiger partial charge on any atom is -0.227 e. The Hall–Kier alpha value is -0.890. The number of rotatable bonds is 4. The summed E-state index contributed by atoms with van der Waals surface area (Å²) in [6.07, 6.45) is -2.34. The van der Waals surface area contributed by atoms with Crippen molar-refractivity contribution in [2.45, 2.75) is 30.9 Å². The van der Waals surface area contributed by atoms with E-state index in [2.05, 4.69) is 0 Å². The normalized spacial score (nSPS) is 28.1. The standard InChI is InChI=1S/C11H15F4NO2S/c1-3-16(4-2)19(17,18)9-7-5-6-8-10(9,12)11(13,14)15/h5-9H,3-4H2,1-2H3. The Morgan fingerprint density at radius 3 is 2.16 bits per heavy atom. The van der Waals surface area contributed by atoms with E-state index in [1.54, 1.807) is 0 Å². The van der Waals surface area contributed by atoms with Gasteiger partial charge in [-0.3, -0.25) is 0 Å². The van der Waals surface area contributed by atoms with Gasteiger partial charge in [0.2, 0.25) is 15.7 Å². The zero-order valence-electron chi connectivity index (χ0n) is 10.5. The molecular weight excluding hydrogens is 286 g/mol. The number of halogens is 4. The molecule has 0 N–H and O–H groups in total. The van der Waals surface area contributed by atoms with Crippen molar-refractivity contribution >= 4 is 10.0 Å². The third kappa shape index (κ3) is 2.69. The van der Waals surface area contributed by atoms with Crippen molar-refractivity contribution in [1.29, 1.82) is 0 Å². The van der Waals surface area contributed by atoms with E-state index >= 15 is 0 Å². The summed E-state index contributed by atoms with van der Waals surface area (Å²) in [4.78, 5) is 0. The van der Waals surface area contributed by atoms with Gasteiger partial charge in [0.15, 0.2) is 0 Å². The maximum absolute atomic E-state index is 14.2. The summed E-state index contributed by atoms with van der Waals surface area (Å²) in [5.41, 5.74) is -3.90. The van der Waals surface area contributed by atoms with Crippen LogP contribution in [0.4, 0.5) is 17.6 Å². The fraction of sp³-hybridized carbons (Fsp3) is 0.636. The van der Waals surface area contributed by atoms with Crippen LogP contribution in [0.15, 0.2) is 24.3 Å². The predicted octanol–water partition coefficient (Wildman–Crippen LogP) is 2.42. The predicted molar refractivity (Wildman–Crippen MR) is 63.8 cm³/mol. The molecule has 3 nitrogen and oxygen atoms in total. The van der Waals surface area contributed by atoms with E-state index < -0.39 is 27.1 Å². The van der Waals surface area contributed by atoms with Crippen LogP contribution in [0.1, 0.15) is 13.8 Å². The lowest BCUT2D eigenvalue weighted by atomic mass is 9.96. The van der Waals surface area contributed by atoms with Crippen molar-refractivity contribution < 1.29 is 26.0 Å². The number of hydrogen-bond donors (Lipinski definition) is 0. The molecule has 0 saturated carbocycles. The monoisotopic (exact) mass is 301 g/mol. The molecule has 1 aliphatic rings. The molecule has 2 unspecified atom stereocenters. The first-order valence-corrected chi connectivity index (χ1v) is 7.22. The van der Waals surface area contributed by atoms with Crippen molar-refractivity contribution in [1.82, 2.24) is 4.31 Å². The molecule has 0 aromatic rings. The van der Waals surface area contributed by atoms with Gasteiger partial charge in [-0.2, -0.15) is 13.2 Å². The second-order valence-electron chi connectivity index (χ2n) is 4.06. The van der Waals surface area contributed by atoms with Gasteiger partial charge in [-0.05, 0) is 6.08 Å². The van der Waals surface area contributed by atoms with Crippen LogP contribution in [-0.4, -0.2) is 42.9 Å². The maximum atomic E-state index is 14.2. The summed E-state index contributed by atoms with van der Waals surface area (Å²) in [6, 6.07) is 0. The topological polar surface area (TPSA) is 37.4 Å². The lowest BCUT2D eigenvalue weighted by molar-refractivity contribution is -0.209. The molecule has 2 atom stereocenters. The van der Waals surface area contributed by atoms with Gasteiger partial charge in [0.25, 0.3) is 0 Å². The fourth-order valence-electron chi connectivity index (χ4n) is 1.91. The Balaban J connectivity index is 3.32. The van der Waals surface area contributed by atoms with Gasteiger partial charge in [0.05, 0.1) is 0 Å². The number of allylic oxidation sites excluding steroid dienone is 3. The van der Waals surface area contributed by atoms with Crippen LogP contribution >= 0.6 is 0 Å². The zero-order valence-corrected chi connectivity index (χ0v) is 11.3. The first-order valence-electron chi connectivity index (χ1n) is 5.71. The van der Waals surface area contributed by atoms with E-state index in [0.717, 1.165) is 22.5 Å². The van der Waals surface area contributed by atoms with Crippen LogP contribution in [0.5, 0.6) is 0 Å². The highest BCUT2D eigenvalue weighted by Gasteiger charge is 2.63. The number of nitrogens with zero attached hydrogens (tertiary/aromatic N) is 1. The summed E-state index contributed by atoms with van der Waals surface area (Å²) < 4.78 is 77.7. The van der Waals surface area contributed by atoms with Crippen LogP contribution in [0.25, 0.3) is 0 Å². The SMILES string of the molecule is CCN(CC)S(=O)(=O)C1C=CC=CC1(F)C(F)(F)F. The largest absolute Gasteiger partial charge is 0.427 e. The van der Waals surface area contributed by atoms with Gasteiger partial charge in [0, 0.05) is 13.1 Å². The third-order valence-electron chi connectivity index (χ3n) is 2.97. The molecule has 110 valence electrons. The van der Waals surface area contributed by atoms with Crippen molar-refractivity contribution in [2.75, 3.05) is 13.1 Å². The molecular formula is C11H15F4NO2S. The molecule has 0 spiro atoms. The lowest BCUT2D eigenvalue weighted by Gasteiger charge is -2.35. The lowest BCUT2D eigenvalue weighted by Crippen LogP contribution is -2.56. The van der Waals surface area contributed by atoms with Gasteiger partial charge in [-0.25, -0.2) is 17.1 Å². The fourth-order valence-corrected chi connectivity index (χ4v) is 3.89. The van der Waals surface area contributed by atoms with Crippen LogP contribution in [0.3, 0.4) is 0 Å². The molecule has 0 saturated heterocycles. The first kappa shape index (κ1) is 16.2. The van der Waals surface area contributed by atoms with Gasteiger partial charge >= 0.3 is 6.18 Å². The molecule has 0 amide bonds. The number of alkyl halides is 4. The smallest absolute Gasteiger partial charge is 0.227 e. The average molecular weight is 301 g/mol. The summed E-state index contributed by atoms with van der Waals surface area (Å²) in [5, 5.41) is -2.29. The second kappa shape index (κ2) is 5.24. The van der Waals surface area contributed by atoms with Crippen LogP contribution in [-0.2, 0) is 10.0 Å². The molecule has 0 aromatic heterocycles. The van der Waals surface area contributed by atoms with Crippen molar-refractivity contribution in [3.05, 3.63) is 24.3 Å². The van der Waals surface area contributed by atoms with Gasteiger partial charge in [-0.1, -0.05) is 32.1 Å². The van der Waals surface area contributed by atoms with Crippen molar-refractivity contribution in [3.63, 3.8) is 0 Å². The third-order valence-corrected chi connectivity index (χ3v) is 5.35. The van der Waals surface area contributed by atoms with Crippen molar-refractivity contribution in [3.8, 4) is 0 Å². The maximum Gasteiger partial charge on any atom is 0.427 e. The van der Waals surface area contributed by atoms with E-state index in [1.807, 2.05) is 0 Å². The first-order chi connectivity index (χ1) is 8.61. The average Bonchev–Trinajstić information content (AvgIpc) is 2.29. The molecule has 19 heavy (non-hydrogen) atoms. The van der Waals surface area contributed by atoms with Gasteiger partial charge in [-0.15, -0.1) is 0 Å².